The van der Waals surface area contributed by atoms with Crippen LogP contribution in [0, 0.1) is 11.8 Å². The fourth-order valence-corrected chi connectivity index (χ4v) is 1.63. The van der Waals surface area contributed by atoms with E-state index in [1.54, 1.807) is 0 Å². The summed E-state index contributed by atoms with van der Waals surface area (Å²) in [5.74, 6) is 0.182. The van der Waals surface area contributed by atoms with Crippen molar-refractivity contribution >= 4 is 5.71 Å². The lowest BCUT2D eigenvalue weighted by molar-refractivity contribution is 0.111. The van der Waals surface area contributed by atoms with Crippen LogP contribution in [0.15, 0.2) is 4.99 Å². The zero-order valence-corrected chi connectivity index (χ0v) is 7.86. The third-order valence-corrected chi connectivity index (χ3v) is 2.48. The average Bonchev–Trinajstić information content (AvgIpc) is 2.27. The van der Waals surface area contributed by atoms with Gasteiger partial charge in [0.2, 0.25) is 0 Å². The Balaban J connectivity index is 2.74. The highest BCUT2D eigenvalue weighted by Crippen LogP contribution is 2.24. The van der Waals surface area contributed by atoms with Crippen LogP contribution in [0.5, 0.6) is 0 Å². The molecule has 0 saturated carbocycles. The van der Waals surface area contributed by atoms with Crippen molar-refractivity contribution in [2.24, 2.45) is 16.8 Å². The van der Waals surface area contributed by atoms with Crippen LogP contribution in [-0.4, -0.2) is 34.7 Å². The van der Waals surface area contributed by atoms with E-state index in [1.807, 2.05) is 20.8 Å². The third kappa shape index (κ3) is 1.52. The fraction of sp³-hybridized carbons (Fsp3) is 0.889. The summed E-state index contributed by atoms with van der Waals surface area (Å²) in [7, 11) is 0. The maximum absolute atomic E-state index is 9.70. The monoisotopic (exact) mass is 171 g/mol. The van der Waals surface area contributed by atoms with Gasteiger partial charge in [0, 0.05) is 11.6 Å². The van der Waals surface area contributed by atoms with Gasteiger partial charge in [0.05, 0.1) is 18.8 Å². The molecule has 70 valence electrons. The Morgan fingerprint density at radius 3 is 2.33 bits per heavy atom. The summed E-state index contributed by atoms with van der Waals surface area (Å²) in [6.07, 6.45) is -0.537. The molecule has 1 rings (SSSR count). The highest BCUT2D eigenvalue weighted by atomic mass is 16.3. The summed E-state index contributed by atoms with van der Waals surface area (Å²) in [5.41, 5.74) is 0.835. The van der Waals surface area contributed by atoms with E-state index in [0.29, 0.717) is 0 Å². The number of aliphatic hydroxyl groups excluding tert-OH is 2. The first-order chi connectivity index (χ1) is 5.57. The summed E-state index contributed by atoms with van der Waals surface area (Å²) < 4.78 is 0. The molecule has 3 unspecified atom stereocenters. The topological polar surface area (TPSA) is 52.8 Å². The number of hydrogen-bond acceptors (Lipinski definition) is 3. The van der Waals surface area contributed by atoms with Gasteiger partial charge < -0.3 is 10.2 Å². The molecule has 1 aliphatic heterocycles. The smallest absolute Gasteiger partial charge is 0.0989 e. The molecule has 0 aromatic rings. The van der Waals surface area contributed by atoms with E-state index in [0.717, 1.165) is 5.71 Å². The van der Waals surface area contributed by atoms with Gasteiger partial charge in [0.25, 0.3) is 0 Å². The lowest BCUT2D eigenvalue weighted by Gasteiger charge is -2.16. The van der Waals surface area contributed by atoms with Crippen molar-refractivity contribution in [3.05, 3.63) is 0 Å². The number of aliphatic imine (C=N–C) groups is 1. The van der Waals surface area contributed by atoms with E-state index < -0.39 is 6.10 Å². The Kier molecular flexibility index (Phi) is 2.85. The van der Waals surface area contributed by atoms with Crippen molar-refractivity contribution in [3.63, 3.8) is 0 Å². The minimum atomic E-state index is -0.537. The van der Waals surface area contributed by atoms with Crippen molar-refractivity contribution < 1.29 is 10.2 Å². The van der Waals surface area contributed by atoms with Crippen molar-refractivity contribution in [1.82, 2.24) is 0 Å². The van der Waals surface area contributed by atoms with Gasteiger partial charge in [-0.15, -0.1) is 0 Å². The molecular weight excluding hydrogens is 154 g/mol. The predicted molar refractivity (Wildman–Crippen MR) is 48.3 cm³/mol. The van der Waals surface area contributed by atoms with E-state index in [4.69, 9.17) is 5.11 Å². The van der Waals surface area contributed by atoms with E-state index in [-0.39, 0.29) is 24.5 Å². The Hall–Kier alpha value is -0.410. The summed E-state index contributed by atoms with van der Waals surface area (Å²) in [5, 5.41) is 18.7. The van der Waals surface area contributed by atoms with Gasteiger partial charge in [-0.2, -0.15) is 0 Å². The van der Waals surface area contributed by atoms with Crippen LogP contribution in [0.1, 0.15) is 20.8 Å². The van der Waals surface area contributed by atoms with Gasteiger partial charge in [-0.3, -0.25) is 4.99 Å². The molecule has 3 heteroatoms. The minimum Gasteiger partial charge on any atom is -0.396 e. The van der Waals surface area contributed by atoms with Crippen molar-refractivity contribution in [2.45, 2.75) is 32.9 Å². The van der Waals surface area contributed by atoms with E-state index in [9.17, 15) is 5.11 Å². The fourth-order valence-electron chi connectivity index (χ4n) is 1.63. The van der Waals surface area contributed by atoms with Crippen LogP contribution in [0.4, 0.5) is 0 Å². The first-order valence-corrected chi connectivity index (χ1v) is 4.44. The molecule has 3 atom stereocenters. The lowest BCUT2D eigenvalue weighted by atomic mass is 9.93. The van der Waals surface area contributed by atoms with Crippen LogP contribution >= 0.6 is 0 Å². The molecule has 1 aliphatic rings. The zero-order valence-electron chi connectivity index (χ0n) is 7.86. The molecule has 0 aromatic carbocycles. The van der Waals surface area contributed by atoms with Gasteiger partial charge >= 0.3 is 0 Å². The molecule has 3 nitrogen and oxygen atoms in total. The second-order valence-electron chi connectivity index (χ2n) is 3.74. The molecule has 1 heterocycles. The molecule has 2 N–H and O–H groups in total. The minimum absolute atomic E-state index is 0.0159. The second kappa shape index (κ2) is 3.54. The van der Waals surface area contributed by atoms with E-state index in [1.165, 1.54) is 0 Å². The summed E-state index contributed by atoms with van der Waals surface area (Å²) in [4.78, 5) is 4.33. The largest absolute Gasteiger partial charge is 0.396 e. The van der Waals surface area contributed by atoms with Crippen molar-refractivity contribution in [2.75, 3.05) is 6.61 Å². The van der Waals surface area contributed by atoms with Gasteiger partial charge in [-0.05, 0) is 12.8 Å². The molecule has 0 spiro atoms. The molecule has 0 amide bonds. The Morgan fingerprint density at radius 2 is 2.08 bits per heavy atom. The summed E-state index contributed by atoms with van der Waals surface area (Å²) >= 11 is 0. The molecule has 0 radical (unpaired) electrons. The summed E-state index contributed by atoms with van der Waals surface area (Å²) in [6.45, 7) is 5.96. The molecule has 0 aromatic heterocycles. The first kappa shape index (κ1) is 9.68. The Morgan fingerprint density at radius 1 is 1.50 bits per heavy atom. The van der Waals surface area contributed by atoms with Crippen LogP contribution in [0.25, 0.3) is 0 Å². The quantitative estimate of drug-likeness (QED) is 0.634. The number of hydrogen-bond donors (Lipinski definition) is 2. The molecule has 0 aliphatic carbocycles. The SMILES string of the molecule is CC(C)C1=NC(C)C(CO)C1O. The molecular formula is C9H17NO2. The van der Waals surface area contributed by atoms with Gasteiger partial charge in [0.15, 0.2) is 0 Å². The Labute approximate surface area is 73.1 Å². The van der Waals surface area contributed by atoms with Crippen LogP contribution in [0.3, 0.4) is 0 Å². The second-order valence-corrected chi connectivity index (χ2v) is 3.74. The predicted octanol–water partition coefficient (Wildman–Crippen LogP) is 0.455. The normalized spacial score (nSPS) is 35.8. The highest BCUT2D eigenvalue weighted by Gasteiger charge is 2.35. The number of nitrogens with zero attached hydrogens (tertiary/aromatic N) is 1. The average molecular weight is 171 g/mol. The summed E-state index contributed by atoms with van der Waals surface area (Å²) in [6, 6.07) is 0.0578. The van der Waals surface area contributed by atoms with Gasteiger partial charge in [-0.1, -0.05) is 13.8 Å². The Bertz CT molecular complexity index is 189. The highest BCUT2D eigenvalue weighted by molar-refractivity contribution is 5.92. The molecule has 0 bridgehead atoms. The van der Waals surface area contributed by atoms with Crippen LogP contribution < -0.4 is 0 Å². The molecule has 0 fully saturated rings. The lowest BCUT2D eigenvalue weighted by Crippen LogP contribution is -2.32. The van der Waals surface area contributed by atoms with Gasteiger partial charge in [0.1, 0.15) is 0 Å². The number of rotatable bonds is 2. The third-order valence-electron chi connectivity index (χ3n) is 2.48. The van der Waals surface area contributed by atoms with E-state index >= 15 is 0 Å². The first-order valence-electron chi connectivity index (χ1n) is 4.44. The van der Waals surface area contributed by atoms with Crippen molar-refractivity contribution in [3.8, 4) is 0 Å². The van der Waals surface area contributed by atoms with Crippen LogP contribution in [0.2, 0.25) is 0 Å². The zero-order chi connectivity index (χ0) is 9.30. The molecule has 0 saturated heterocycles. The van der Waals surface area contributed by atoms with Crippen LogP contribution in [-0.2, 0) is 0 Å². The van der Waals surface area contributed by atoms with E-state index in [2.05, 4.69) is 4.99 Å². The number of aliphatic hydroxyl groups is 2. The maximum Gasteiger partial charge on any atom is 0.0989 e. The van der Waals surface area contributed by atoms with Gasteiger partial charge in [-0.25, -0.2) is 0 Å². The maximum atomic E-state index is 9.70. The van der Waals surface area contributed by atoms with Crippen molar-refractivity contribution in [1.29, 1.82) is 0 Å². The molecule has 12 heavy (non-hydrogen) atoms. The standard InChI is InChI=1S/C9H17NO2/c1-5(2)8-9(12)7(4-11)6(3)10-8/h5-7,9,11-12H,4H2,1-3H3.